The Balaban J connectivity index is 2.04. The van der Waals surface area contributed by atoms with Crippen molar-refractivity contribution < 1.29 is 14.5 Å². The molecule has 0 bridgehead atoms. The highest BCUT2D eigenvalue weighted by Crippen LogP contribution is 2.31. The number of hydrogen-bond donors (Lipinski definition) is 0. The predicted octanol–water partition coefficient (Wildman–Crippen LogP) is 2.94. The standard InChI is InChI=1S/C12H24O3/c1-4-6-7-11(3)15-14-10-12(5-2)8-13-9-12/h11H,4-10H2,1-3H3. The van der Waals surface area contributed by atoms with Crippen molar-refractivity contribution in [3.8, 4) is 0 Å². The molecule has 1 rings (SSSR count). The van der Waals surface area contributed by atoms with Gasteiger partial charge in [-0.3, -0.25) is 0 Å². The summed E-state index contributed by atoms with van der Waals surface area (Å²) in [4.78, 5) is 10.6. The Morgan fingerprint density at radius 2 is 2.07 bits per heavy atom. The summed E-state index contributed by atoms with van der Waals surface area (Å²) in [5.74, 6) is 0. The topological polar surface area (TPSA) is 27.7 Å². The largest absolute Gasteiger partial charge is 0.380 e. The molecule has 0 aromatic carbocycles. The zero-order valence-corrected chi connectivity index (χ0v) is 10.3. The highest BCUT2D eigenvalue weighted by molar-refractivity contribution is 4.83. The second-order valence-corrected chi connectivity index (χ2v) is 4.66. The second kappa shape index (κ2) is 6.46. The summed E-state index contributed by atoms with van der Waals surface area (Å²) in [5, 5.41) is 0. The van der Waals surface area contributed by atoms with Crippen molar-refractivity contribution in [1.82, 2.24) is 0 Å². The molecule has 0 amide bonds. The molecule has 0 aromatic rings. The SMILES string of the molecule is CCCCC(C)OOCC1(CC)COC1. The lowest BCUT2D eigenvalue weighted by Crippen LogP contribution is -2.45. The Hall–Kier alpha value is -0.120. The van der Waals surface area contributed by atoms with Crippen LogP contribution in [0, 0.1) is 5.41 Å². The van der Waals surface area contributed by atoms with Crippen LogP contribution >= 0.6 is 0 Å². The van der Waals surface area contributed by atoms with Gasteiger partial charge >= 0.3 is 0 Å². The van der Waals surface area contributed by atoms with Crippen LogP contribution in [0.15, 0.2) is 0 Å². The van der Waals surface area contributed by atoms with Gasteiger partial charge < -0.3 is 4.74 Å². The minimum absolute atomic E-state index is 0.208. The first-order valence-corrected chi connectivity index (χ1v) is 6.08. The van der Waals surface area contributed by atoms with Gasteiger partial charge in [-0.15, -0.1) is 0 Å². The van der Waals surface area contributed by atoms with Crippen LogP contribution in [0.1, 0.15) is 46.5 Å². The third-order valence-electron chi connectivity index (χ3n) is 3.13. The Morgan fingerprint density at radius 3 is 2.53 bits per heavy atom. The Kier molecular flexibility index (Phi) is 5.58. The smallest absolute Gasteiger partial charge is 0.0922 e. The lowest BCUT2D eigenvalue weighted by atomic mass is 9.84. The van der Waals surface area contributed by atoms with Crippen molar-refractivity contribution in [3.05, 3.63) is 0 Å². The Labute approximate surface area is 93.0 Å². The van der Waals surface area contributed by atoms with E-state index in [1.54, 1.807) is 0 Å². The van der Waals surface area contributed by atoms with Crippen LogP contribution in [0.25, 0.3) is 0 Å². The first-order chi connectivity index (χ1) is 7.22. The third-order valence-corrected chi connectivity index (χ3v) is 3.13. The van der Waals surface area contributed by atoms with Gasteiger partial charge in [0.2, 0.25) is 0 Å². The van der Waals surface area contributed by atoms with E-state index in [0.717, 1.165) is 26.1 Å². The van der Waals surface area contributed by atoms with Crippen molar-refractivity contribution in [2.24, 2.45) is 5.41 Å². The molecule has 1 aliphatic heterocycles. The lowest BCUT2D eigenvalue weighted by Gasteiger charge is -2.39. The van der Waals surface area contributed by atoms with Gasteiger partial charge in [-0.1, -0.05) is 26.7 Å². The highest BCUT2D eigenvalue weighted by atomic mass is 17.2. The van der Waals surface area contributed by atoms with Crippen molar-refractivity contribution in [2.75, 3.05) is 19.8 Å². The summed E-state index contributed by atoms with van der Waals surface area (Å²) < 4.78 is 5.22. The molecule has 0 aliphatic carbocycles. The number of rotatable bonds is 8. The van der Waals surface area contributed by atoms with Gasteiger partial charge in [0.15, 0.2) is 0 Å². The van der Waals surface area contributed by atoms with Crippen LogP contribution in [0.5, 0.6) is 0 Å². The monoisotopic (exact) mass is 216 g/mol. The van der Waals surface area contributed by atoms with Gasteiger partial charge in [-0.25, -0.2) is 9.78 Å². The van der Waals surface area contributed by atoms with Crippen molar-refractivity contribution >= 4 is 0 Å². The molecular formula is C12H24O3. The van der Waals surface area contributed by atoms with E-state index in [1.807, 2.05) is 0 Å². The summed E-state index contributed by atoms with van der Waals surface area (Å²) in [6.45, 7) is 8.72. The van der Waals surface area contributed by atoms with E-state index in [4.69, 9.17) is 14.5 Å². The third kappa shape index (κ3) is 4.09. The first-order valence-electron chi connectivity index (χ1n) is 6.08. The maximum absolute atomic E-state index is 5.32. The minimum Gasteiger partial charge on any atom is -0.380 e. The molecule has 1 saturated heterocycles. The van der Waals surface area contributed by atoms with Crippen LogP contribution in [-0.4, -0.2) is 25.9 Å². The van der Waals surface area contributed by atoms with Gasteiger partial charge in [-0.2, -0.15) is 0 Å². The fourth-order valence-electron chi connectivity index (χ4n) is 1.60. The normalized spacial score (nSPS) is 21.0. The van der Waals surface area contributed by atoms with Crippen molar-refractivity contribution in [3.63, 3.8) is 0 Å². The molecule has 1 atom stereocenters. The molecular weight excluding hydrogens is 192 g/mol. The minimum atomic E-state index is 0.208. The highest BCUT2D eigenvalue weighted by Gasteiger charge is 2.37. The Morgan fingerprint density at radius 1 is 1.33 bits per heavy atom. The Bertz CT molecular complexity index is 161. The van der Waals surface area contributed by atoms with Crippen molar-refractivity contribution in [2.45, 2.75) is 52.6 Å². The summed E-state index contributed by atoms with van der Waals surface area (Å²) in [5.41, 5.74) is 0.227. The molecule has 0 aromatic heterocycles. The van der Waals surface area contributed by atoms with E-state index in [1.165, 1.54) is 12.8 Å². The van der Waals surface area contributed by atoms with E-state index >= 15 is 0 Å². The molecule has 1 unspecified atom stereocenters. The van der Waals surface area contributed by atoms with E-state index in [2.05, 4.69) is 20.8 Å². The summed E-state index contributed by atoms with van der Waals surface area (Å²) >= 11 is 0. The molecule has 1 fully saturated rings. The molecule has 90 valence electrons. The maximum Gasteiger partial charge on any atom is 0.0922 e. The average molecular weight is 216 g/mol. The summed E-state index contributed by atoms with van der Waals surface area (Å²) in [7, 11) is 0. The molecule has 0 saturated carbocycles. The number of ether oxygens (including phenoxy) is 1. The van der Waals surface area contributed by atoms with E-state index < -0.39 is 0 Å². The number of hydrogen-bond acceptors (Lipinski definition) is 3. The molecule has 3 nitrogen and oxygen atoms in total. The van der Waals surface area contributed by atoms with E-state index in [9.17, 15) is 0 Å². The molecule has 0 spiro atoms. The number of unbranched alkanes of at least 4 members (excludes halogenated alkanes) is 1. The maximum atomic E-state index is 5.32. The van der Waals surface area contributed by atoms with Crippen LogP contribution in [0.4, 0.5) is 0 Å². The predicted molar refractivity (Wildman–Crippen MR) is 59.6 cm³/mol. The van der Waals surface area contributed by atoms with E-state index in [-0.39, 0.29) is 11.5 Å². The van der Waals surface area contributed by atoms with Crippen LogP contribution in [-0.2, 0) is 14.5 Å². The van der Waals surface area contributed by atoms with Crippen LogP contribution in [0.2, 0.25) is 0 Å². The molecule has 3 heteroatoms. The molecule has 1 aliphatic rings. The molecule has 0 N–H and O–H groups in total. The van der Waals surface area contributed by atoms with Crippen molar-refractivity contribution in [1.29, 1.82) is 0 Å². The zero-order valence-electron chi connectivity index (χ0n) is 10.3. The second-order valence-electron chi connectivity index (χ2n) is 4.66. The fourth-order valence-corrected chi connectivity index (χ4v) is 1.60. The van der Waals surface area contributed by atoms with E-state index in [0.29, 0.717) is 6.61 Å². The first kappa shape index (κ1) is 12.9. The average Bonchev–Trinajstić information content (AvgIpc) is 2.19. The lowest BCUT2D eigenvalue weighted by molar-refractivity contribution is -0.349. The van der Waals surface area contributed by atoms with Gasteiger partial charge in [-0.05, 0) is 19.8 Å². The molecule has 15 heavy (non-hydrogen) atoms. The molecule has 1 heterocycles. The van der Waals surface area contributed by atoms with Crippen LogP contribution in [0.3, 0.4) is 0 Å². The zero-order chi connectivity index (χ0) is 11.1. The van der Waals surface area contributed by atoms with Crippen LogP contribution < -0.4 is 0 Å². The summed E-state index contributed by atoms with van der Waals surface area (Å²) in [6, 6.07) is 0. The van der Waals surface area contributed by atoms with Gasteiger partial charge in [0.05, 0.1) is 25.9 Å². The summed E-state index contributed by atoms with van der Waals surface area (Å²) in [6.07, 6.45) is 4.79. The van der Waals surface area contributed by atoms with Gasteiger partial charge in [0, 0.05) is 5.41 Å². The van der Waals surface area contributed by atoms with Gasteiger partial charge in [0.1, 0.15) is 0 Å². The fraction of sp³-hybridized carbons (Fsp3) is 1.00. The quantitative estimate of drug-likeness (QED) is 0.461. The molecule has 0 radical (unpaired) electrons. The van der Waals surface area contributed by atoms with Gasteiger partial charge in [0.25, 0.3) is 0 Å².